The Morgan fingerprint density at radius 2 is 2.05 bits per heavy atom. The lowest BCUT2D eigenvalue weighted by atomic mass is 10.1. The number of nitrogens with two attached hydrogens (primary N) is 1. The van der Waals surface area contributed by atoms with Crippen molar-refractivity contribution >= 4 is 22.5 Å². The van der Waals surface area contributed by atoms with Crippen LogP contribution in [0.3, 0.4) is 0 Å². The van der Waals surface area contributed by atoms with E-state index in [1.165, 1.54) is 0 Å². The van der Waals surface area contributed by atoms with Crippen LogP contribution in [0.25, 0.3) is 27.8 Å². The minimum atomic E-state index is 0.238. The standard InChI is InChI=1S/C13H11N7/c1-19-10-3-2-8(4-9(10)5-16-19)11-6-15-7-12-17-13(14)18-20(11)12/h2-7H,1H3,(H2,14,18). The molecular formula is C13H11N7. The second kappa shape index (κ2) is 3.77. The summed E-state index contributed by atoms with van der Waals surface area (Å²) < 4.78 is 3.53. The Labute approximate surface area is 113 Å². The van der Waals surface area contributed by atoms with Gasteiger partial charge in [0, 0.05) is 18.0 Å². The average molecular weight is 265 g/mol. The number of nitrogen functional groups attached to an aromatic ring is 1. The first-order chi connectivity index (χ1) is 9.72. The van der Waals surface area contributed by atoms with Crippen LogP contribution in [0.1, 0.15) is 0 Å². The first-order valence-corrected chi connectivity index (χ1v) is 6.11. The Hall–Kier alpha value is -2.96. The summed E-state index contributed by atoms with van der Waals surface area (Å²) in [7, 11) is 1.92. The van der Waals surface area contributed by atoms with Gasteiger partial charge in [0.25, 0.3) is 0 Å². The average Bonchev–Trinajstić information content (AvgIpc) is 3.00. The van der Waals surface area contributed by atoms with Crippen molar-refractivity contribution in [1.29, 1.82) is 0 Å². The number of aromatic nitrogens is 6. The number of hydrogen-bond acceptors (Lipinski definition) is 5. The van der Waals surface area contributed by atoms with Gasteiger partial charge in [-0.1, -0.05) is 6.07 Å². The number of benzene rings is 1. The van der Waals surface area contributed by atoms with E-state index in [2.05, 4.69) is 26.2 Å². The van der Waals surface area contributed by atoms with Gasteiger partial charge in [-0.3, -0.25) is 9.67 Å². The predicted molar refractivity (Wildman–Crippen MR) is 74.9 cm³/mol. The monoisotopic (exact) mass is 265 g/mol. The lowest BCUT2D eigenvalue weighted by Crippen LogP contribution is -1.96. The molecule has 0 amide bonds. The van der Waals surface area contributed by atoms with Crippen LogP contribution in [0.15, 0.2) is 36.8 Å². The van der Waals surface area contributed by atoms with Crippen molar-refractivity contribution in [3.63, 3.8) is 0 Å². The number of rotatable bonds is 1. The van der Waals surface area contributed by atoms with E-state index in [4.69, 9.17) is 5.73 Å². The Morgan fingerprint density at radius 1 is 1.15 bits per heavy atom. The third kappa shape index (κ3) is 1.46. The summed E-state index contributed by atoms with van der Waals surface area (Å²) in [6.07, 6.45) is 5.22. The Morgan fingerprint density at radius 3 is 2.95 bits per heavy atom. The highest BCUT2D eigenvalue weighted by Gasteiger charge is 2.09. The maximum atomic E-state index is 5.65. The molecule has 1 aromatic carbocycles. The van der Waals surface area contributed by atoms with Crippen LogP contribution in [0.2, 0.25) is 0 Å². The molecule has 0 spiro atoms. The number of fused-ring (bicyclic) bond motifs is 2. The van der Waals surface area contributed by atoms with E-state index in [0.29, 0.717) is 5.65 Å². The van der Waals surface area contributed by atoms with Crippen molar-refractivity contribution in [2.24, 2.45) is 7.05 Å². The molecule has 4 rings (SSSR count). The van der Waals surface area contributed by atoms with Crippen LogP contribution < -0.4 is 5.73 Å². The highest BCUT2D eigenvalue weighted by atomic mass is 15.3. The zero-order chi connectivity index (χ0) is 13.7. The number of aryl methyl sites for hydroxylation is 1. The molecule has 20 heavy (non-hydrogen) atoms. The second-order valence-corrected chi connectivity index (χ2v) is 4.57. The number of hydrogen-bond donors (Lipinski definition) is 1. The second-order valence-electron chi connectivity index (χ2n) is 4.57. The summed E-state index contributed by atoms with van der Waals surface area (Å²) in [5.41, 5.74) is 9.19. The van der Waals surface area contributed by atoms with Gasteiger partial charge in [0.15, 0.2) is 5.65 Å². The minimum absolute atomic E-state index is 0.238. The first kappa shape index (κ1) is 10.9. The van der Waals surface area contributed by atoms with Gasteiger partial charge in [-0.25, -0.2) is 4.52 Å². The maximum Gasteiger partial charge on any atom is 0.240 e. The smallest absolute Gasteiger partial charge is 0.240 e. The number of anilines is 1. The summed E-state index contributed by atoms with van der Waals surface area (Å²) in [6, 6.07) is 6.09. The predicted octanol–water partition coefficient (Wildman–Crippen LogP) is 1.26. The summed E-state index contributed by atoms with van der Waals surface area (Å²) in [4.78, 5) is 8.30. The van der Waals surface area contributed by atoms with Crippen LogP contribution >= 0.6 is 0 Å². The van der Waals surface area contributed by atoms with E-state index < -0.39 is 0 Å². The Balaban J connectivity index is 2.00. The van der Waals surface area contributed by atoms with Crippen molar-refractivity contribution in [1.82, 2.24) is 29.4 Å². The van der Waals surface area contributed by atoms with Gasteiger partial charge < -0.3 is 5.73 Å². The topological polar surface area (TPSA) is 86.9 Å². The zero-order valence-corrected chi connectivity index (χ0v) is 10.7. The molecule has 4 aromatic rings. The molecule has 2 N–H and O–H groups in total. The summed E-state index contributed by atoms with van der Waals surface area (Å²) in [5.74, 6) is 0.238. The van der Waals surface area contributed by atoms with Crippen molar-refractivity contribution in [2.75, 3.05) is 5.73 Å². The molecule has 0 saturated carbocycles. The van der Waals surface area contributed by atoms with E-state index in [-0.39, 0.29) is 5.95 Å². The third-order valence-corrected chi connectivity index (χ3v) is 3.31. The van der Waals surface area contributed by atoms with Gasteiger partial charge in [-0.15, -0.1) is 5.10 Å². The minimum Gasteiger partial charge on any atom is -0.366 e. The first-order valence-electron chi connectivity index (χ1n) is 6.11. The molecule has 0 aliphatic carbocycles. The summed E-state index contributed by atoms with van der Waals surface area (Å²) in [6.45, 7) is 0. The van der Waals surface area contributed by atoms with Crippen LogP contribution in [0, 0.1) is 0 Å². The highest BCUT2D eigenvalue weighted by Crippen LogP contribution is 2.24. The normalized spacial score (nSPS) is 11.4. The van der Waals surface area contributed by atoms with Crippen molar-refractivity contribution < 1.29 is 0 Å². The Bertz CT molecular complexity index is 934. The van der Waals surface area contributed by atoms with Crippen LogP contribution in [-0.2, 0) is 7.05 Å². The molecule has 0 unspecified atom stereocenters. The molecule has 7 heteroatoms. The quantitative estimate of drug-likeness (QED) is 0.560. The van der Waals surface area contributed by atoms with Gasteiger partial charge in [-0.2, -0.15) is 10.1 Å². The van der Waals surface area contributed by atoms with Crippen molar-refractivity contribution in [2.45, 2.75) is 0 Å². The SMILES string of the molecule is Cn1ncc2cc(-c3cncc4nc(N)nn34)ccc21. The van der Waals surface area contributed by atoms with Crippen LogP contribution in [0.5, 0.6) is 0 Å². The lowest BCUT2D eigenvalue weighted by Gasteiger charge is -2.04. The van der Waals surface area contributed by atoms with E-state index in [9.17, 15) is 0 Å². The molecule has 3 aromatic heterocycles. The molecule has 0 radical (unpaired) electrons. The molecule has 3 heterocycles. The van der Waals surface area contributed by atoms with Crippen molar-refractivity contribution in [3.05, 3.63) is 36.8 Å². The van der Waals surface area contributed by atoms with Crippen LogP contribution in [-0.4, -0.2) is 29.4 Å². The molecule has 0 fully saturated rings. The largest absolute Gasteiger partial charge is 0.366 e. The molecule has 0 aliphatic heterocycles. The van der Waals surface area contributed by atoms with Gasteiger partial charge >= 0.3 is 0 Å². The molecule has 0 bridgehead atoms. The molecule has 0 saturated heterocycles. The van der Waals surface area contributed by atoms with E-state index in [1.54, 1.807) is 16.9 Å². The molecule has 0 aliphatic rings. The maximum absolute atomic E-state index is 5.65. The van der Waals surface area contributed by atoms with Gasteiger partial charge in [-0.05, 0) is 12.1 Å². The molecular weight excluding hydrogens is 254 g/mol. The zero-order valence-electron chi connectivity index (χ0n) is 10.7. The lowest BCUT2D eigenvalue weighted by molar-refractivity contribution is 0.797. The van der Waals surface area contributed by atoms with Gasteiger partial charge in [0.2, 0.25) is 5.95 Å². The summed E-state index contributed by atoms with van der Waals surface area (Å²) >= 11 is 0. The van der Waals surface area contributed by atoms with Gasteiger partial charge in [0.05, 0.1) is 29.8 Å². The van der Waals surface area contributed by atoms with E-state index in [1.807, 2.05) is 30.1 Å². The number of nitrogens with zero attached hydrogens (tertiary/aromatic N) is 6. The van der Waals surface area contributed by atoms with Crippen LogP contribution in [0.4, 0.5) is 5.95 Å². The third-order valence-electron chi connectivity index (χ3n) is 3.31. The highest BCUT2D eigenvalue weighted by molar-refractivity contribution is 5.84. The molecule has 98 valence electrons. The molecule has 7 nitrogen and oxygen atoms in total. The van der Waals surface area contributed by atoms with Gasteiger partial charge in [0.1, 0.15) is 0 Å². The van der Waals surface area contributed by atoms with E-state index >= 15 is 0 Å². The fourth-order valence-corrected chi connectivity index (χ4v) is 2.35. The van der Waals surface area contributed by atoms with Crippen molar-refractivity contribution in [3.8, 4) is 11.3 Å². The molecule has 0 atom stereocenters. The van der Waals surface area contributed by atoms with E-state index in [0.717, 1.165) is 22.2 Å². The summed E-state index contributed by atoms with van der Waals surface area (Å²) in [5, 5.41) is 9.51. The fraction of sp³-hybridized carbons (Fsp3) is 0.0769. The Kier molecular flexibility index (Phi) is 2.06. The fourth-order valence-electron chi connectivity index (χ4n) is 2.35.